The molecule has 0 radical (unpaired) electrons. The van der Waals surface area contributed by atoms with E-state index in [2.05, 4.69) is 0 Å². The van der Waals surface area contributed by atoms with Gasteiger partial charge in [0, 0.05) is 14.2 Å². The largest absolute Gasteiger partial charge is 0.394 e. The summed E-state index contributed by atoms with van der Waals surface area (Å²) in [4.78, 5) is 0. The van der Waals surface area contributed by atoms with Gasteiger partial charge in [0.25, 0.3) is 0 Å². The molecule has 4 nitrogen and oxygen atoms in total. The van der Waals surface area contributed by atoms with Crippen molar-refractivity contribution in [2.24, 2.45) is 5.73 Å². The summed E-state index contributed by atoms with van der Waals surface area (Å²) in [6.45, 7) is 0.465. The molecule has 2 atom stereocenters. The summed E-state index contributed by atoms with van der Waals surface area (Å²) in [5.74, 6) is 0. The summed E-state index contributed by atoms with van der Waals surface area (Å²) in [6.07, 6.45) is -0.0654. The fourth-order valence-corrected chi connectivity index (χ4v) is 1.51. The van der Waals surface area contributed by atoms with Gasteiger partial charge in [-0.05, 0) is 11.1 Å². The molecule has 0 heterocycles. The van der Waals surface area contributed by atoms with E-state index in [-0.39, 0.29) is 18.8 Å². The molecule has 1 aromatic rings. The molecule has 0 amide bonds. The fraction of sp³-hybridized carbons (Fsp3) is 0.500. The molecule has 1 aromatic carbocycles. The Hall–Kier alpha value is -0.940. The van der Waals surface area contributed by atoms with Gasteiger partial charge in [-0.15, -0.1) is 0 Å². The Bertz CT molecular complexity index is 300. The highest BCUT2D eigenvalue weighted by molar-refractivity contribution is 5.26. The minimum absolute atomic E-state index is 0.0505. The van der Waals surface area contributed by atoms with Crippen LogP contribution in [0.1, 0.15) is 23.3 Å². The van der Waals surface area contributed by atoms with Gasteiger partial charge in [-0.25, -0.2) is 0 Å². The maximum Gasteiger partial charge on any atom is 0.105 e. The predicted molar refractivity (Wildman–Crippen MR) is 62.1 cm³/mol. The first-order valence-electron chi connectivity index (χ1n) is 5.21. The molecule has 16 heavy (non-hydrogen) atoms. The molecule has 3 N–H and O–H groups in total. The molecule has 2 unspecified atom stereocenters. The molecule has 0 aromatic heterocycles. The Balaban J connectivity index is 2.76. The Morgan fingerprint density at radius 3 is 2.19 bits per heavy atom. The first-order valence-corrected chi connectivity index (χ1v) is 5.21. The van der Waals surface area contributed by atoms with Crippen molar-refractivity contribution >= 4 is 0 Å². The smallest absolute Gasteiger partial charge is 0.105 e. The first-order chi connectivity index (χ1) is 7.72. The monoisotopic (exact) mass is 225 g/mol. The van der Waals surface area contributed by atoms with Gasteiger partial charge >= 0.3 is 0 Å². The molecule has 0 saturated heterocycles. The first kappa shape index (κ1) is 13.1. The van der Waals surface area contributed by atoms with E-state index >= 15 is 0 Å². The molecule has 0 saturated carbocycles. The third kappa shape index (κ3) is 3.28. The Morgan fingerprint density at radius 2 is 1.75 bits per heavy atom. The molecule has 0 bridgehead atoms. The van der Waals surface area contributed by atoms with Gasteiger partial charge < -0.3 is 20.3 Å². The van der Waals surface area contributed by atoms with Crippen LogP contribution in [0.25, 0.3) is 0 Å². The lowest BCUT2D eigenvalue weighted by Crippen LogP contribution is -2.15. The van der Waals surface area contributed by atoms with Crippen molar-refractivity contribution in [1.29, 1.82) is 0 Å². The van der Waals surface area contributed by atoms with Crippen molar-refractivity contribution in [3.8, 4) is 0 Å². The number of benzene rings is 1. The van der Waals surface area contributed by atoms with Gasteiger partial charge in [0.1, 0.15) is 6.10 Å². The molecule has 90 valence electrons. The van der Waals surface area contributed by atoms with Crippen LogP contribution in [0.3, 0.4) is 0 Å². The lowest BCUT2D eigenvalue weighted by Gasteiger charge is -2.16. The lowest BCUT2D eigenvalue weighted by molar-refractivity contribution is 0.0275. The van der Waals surface area contributed by atoms with E-state index in [9.17, 15) is 0 Å². The standard InChI is InChI=1S/C12H19NO3/c1-15-8-12(16-2)10-5-3-9(4-6-10)11(13)7-14/h3-6,11-12,14H,7-8,13H2,1-2H3. The zero-order valence-corrected chi connectivity index (χ0v) is 9.72. The summed E-state index contributed by atoms with van der Waals surface area (Å²) in [5, 5.41) is 8.93. The zero-order chi connectivity index (χ0) is 12.0. The van der Waals surface area contributed by atoms with E-state index in [1.165, 1.54) is 0 Å². The van der Waals surface area contributed by atoms with Gasteiger partial charge in [-0.2, -0.15) is 0 Å². The third-order valence-corrected chi connectivity index (χ3v) is 2.54. The minimum Gasteiger partial charge on any atom is -0.394 e. The normalized spacial score (nSPS) is 14.8. The van der Waals surface area contributed by atoms with Gasteiger partial charge in [0.05, 0.1) is 19.3 Å². The second-order valence-corrected chi connectivity index (χ2v) is 3.64. The van der Waals surface area contributed by atoms with Gasteiger partial charge in [-0.3, -0.25) is 0 Å². The van der Waals surface area contributed by atoms with Crippen molar-refractivity contribution in [3.05, 3.63) is 35.4 Å². The number of hydrogen-bond donors (Lipinski definition) is 2. The van der Waals surface area contributed by atoms with Crippen LogP contribution in [-0.4, -0.2) is 32.5 Å². The van der Waals surface area contributed by atoms with Crippen LogP contribution in [0.4, 0.5) is 0 Å². The molecule has 0 fully saturated rings. The maximum atomic E-state index is 8.93. The number of hydrogen-bond acceptors (Lipinski definition) is 4. The molecule has 4 heteroatoms. The Kier molecular flexibility index (Phi) is 5.42. The van der Waals surface area contributed by atoms with E-state index in [0.29, 0.717) is 6.61 Å². The van der Waals surface area contributed by atoms with E-state index < -0.39 is 0 Å². The molecule has 0 spiro atoms. The van der Waals surface area contributed by atoms with Gasteiger partial charge in [-0.1, -0.05) is 24.3 Å². The molecule has 0 aliphatic carbocycles. The van der Waals surface area contributed by atoms with Crippen LogP contribution in [0.15, 0.2) is 24.3 Å². The van der Waals surface area contributed by atoms with E-state index in [4.69, 9.17) is 20.3 Å². The molecule has 0 aliphatic rings. The van der Waals surface area contributed by atoms with Crippen molar-refractivity contribution in [2.75, 3.05) is 27.4 Å². The highest BCUT2D eigenvalue weighted by Gasteiger charge is 2.11. The number of methoxy groups -OCH3 is 2. The number of aliphatic hydroxyl groups excluding tert-OH is 1. The van der Waals surface area contributed by atoms with Crippen molar-refractivity contribution in [3.63, 3.8) is 0 Å². The number of ether oxygens (including phenoxy) is 2. The van der Waals surface area contributed by atoms with Gasteiger partial charge in [0.15, 0.2) is 0 Å². The summed E-state index contributed by atoms with van der Waals surface area (Å²) < 4.78 is 10.4. The van der Waals surface area contributed by atoms with E-state index in [1.807, 2.05) is 24.3 Å². The van der Waals surface area contributed by atoms with Crippen molar-refractivity contribution < 1.29 is 14.6 Å². The third-order valence-electron chi connectivity index (χ3n) is 2.54. The molecule has 0 aliphatic heterocycles. The van der Waals surface area contributed by atoms with E-state index in [0.717, 1.165) is 11.1 Å². The van der Waals surface area contributed by atoms with Crippen molar-refractivity contribution in [1.82, 2.24) is 0 Å². The maximum absolute atomic E-state index is 8.93. The highest BCUT2D eigenvalue weighted by atomic mass is 16.5. The highest BCUT2D eigenvalue weighted by Crippen LogP contribution is 2.19. The average Bonchev–Trinajstić information content (AvgIpc) is 2.35. The summed E-state index contributed by atoms with van der Waals surface area (Å²) in [6, 6.07) is 7.36. The van der Waals surface area contributed by atoms with Crippen LogP contribution in [0, 0.1) is 0 Å². The number of nitrogens with two attached hydrogens (primary N) is 1. The second-order valence-electron chi connectivity index (χ2n) is 3.64. The predicted octanol–water partition coefficient (Wildman–Crippen LogP) is 1.01. The van der Waals surface area contributed by atoms with Crippen molar-refractivity contribution in [2.45, 2.75) is 12.1 Å². The SMILES string of the molecule is COCC(OC)c1ccc(C(N)CO)cc1. The van der Waals surface area contributed by atoms with Crippen LogP contribution in [0.5, 0.6) is 0 Å². The number of rotatable bonds is 6. The number of aliphatic hydroxyl groups is 1. The molecular weight excluding hydrogens is 206 g/mol. The lowest BCUT2D eigenvalue weighted by atomic mass is 10.0. The summed E-state index contributed by atoms with van der Waals surface area (Å²) in [7, 11) is 3.29. The average molecular weight is 225 g/mol. The van der Waals surface area contributed by atoms with Crippen LogP contribution >= 0.6 is 0 Å². The quantitative estimate of drug-likeness (QED) is 0.758. The topological polar surface area (TPSA) is 64.7 Å². The summed E-state index contributed by atoms with van der Waals surface area (Å²) in [5.41, 5.74) is 7.66. The molecular formula is C12H19NO3. The van der Waals surface area contributed by atoms with Crippen LogP contribution in [-0.2, 0) is 9.47 Å². The van der Waals surface area contributed by atoms with Crippen LogP contribution < -0.4 is 5.73 Å². The van der Waals surface area contributed by atoms with Crippen LogP contribution in [0.2, 0.25) is 0 Å². The Morgan fingerprint density at radius 1 is 1.19 bits per heavy atom. The van der Waals surface area contributed by atoms with Gasteiger partial charge in [0.2, 0.25) is 0 Å². The van der Waals surface area contributed by atoms with E-state index in [1.54, 1.807) is 14.2 Å². The summed E-state index contributed by atoms with van der Waals surface area (Å²) >= 11 is 0. The minimum atomic E-state index is -0.322. The molecule has 1 rings (SSSR count). The second kappa shape index (κ2) is 6.60. The zero-order valence-electron chi connectivity index (χ0n) is 9.72. The fourth-order valence-electron chi connectivity index (χ4n) is 1.51. The Labute approximate surface area is 96.0 Å².